The number of hydrogen-bond acceptors (Lipinski definition) is 2. The molecule has 0 amide bonds. The van der Waals surface area contributed by atoms with Gasteiger partial charge in [0, 0.05) is 20.1 Å². The van der Waals surface area contributed by atoms with E-state index in [-0.39, 0.29) is 6.29 Å². The largest absolute Gasteiger partial charge is 0.353 e. The molecule has 0 aromatic rings. The molecule has 0 bridgehead atoms. The van der Waals surface area contributed by atoms with Crippen molar-refractivity contribution in [3.8, 4) is 0 Å². The number of ether oxygens (including phenoxy) is 2. The van der Waals surface area contributed by atoms with Crippen LogP contribution in [-0.4, -0.2) is 19.5 Å². The average molecular weight is 173 g/mol. The van der Waals surface area contributed by atoms with Crippen LogP contribution in [0.1, 0.15) is 39.5 Å². The van der Waals surface area contributed by atoms with Gasteiger partial charge >= 0.3 is 0 Å². The van der Waals surface area contributed by atoms with Crippen LogP contribution in [-0.2, 0) is 9.47 Å². The monoisotopic (exact) mass is 173 g/mol. The third-order valence-electron chi connectivity index (χ3n) is 1.60. The van der Waals surface area contributed by atoms with Crippen LogP contribution in [0.4, 0.5) is 0 Å². The van der Waals surface area contributed by atoms with Crippen LogP contribution in [0.2, 0.25) is 0 Å². The van der Waals surface area contributed by atoms with Crippen LogP contribution < -0.4 is 0 Å². The number of rotatable bonds is 8. The molecule has 73 valence electrons. The smallest absolute Gasteiger partial charge is 0.157 e. The zero-order valence-corrected chi connectivity index (χ0v) is 8.34. The molecule has 12 heavy (non-hydrogen) atoms. The van der Waals surface area contributed by atoms with Crippen LogP contribution in [0.5, 0.6) is 0 Å². The first-order valence-electron chi connectivity index (χ1n) is 4.87. The fraction of sp³-hybridized carbons (Fsp3) is 0.900. The minimum absolute atomic E-state index is 0.275. The summed E-state index contributed by atoms with van der Waals surface area (Å²) in [5.74, 6) is 0. The molecular weight excluding hydrogens is 152 g/mol. The Kier molecular flexibility index (Phi) is 8.95. The van der Waals surface area contributed by atoms with Gasteiger partial charge in [-0.2, -0.15) is 0 Å². The summed E-state index contributed by atoms with van der Waals surface area (Å²) in [6.07, 6.45) is 4.21. The molecule has 0 aliphatic carbocycles. The molecule has 0 aromatic heterocycles. The molecule has 0 unspecified atom stereocenters. The molecule has 0 rings (SSSR count). The summed E-state index contributed by atoms with van der Waals surface area (Å²) in [7, 11) is 0. The minimum Gasteiger partial charge on any atom is -0.353 e. The van der Waals surface area contributed by atoms with Crippen LogP contribution in [0.25, 0.3) is 0 Å². The van der Waals surface area contributed by atoms with Crippen molar-refractivity contribution >= 4 is 0 Å². The van der Waals surface area contributed by atoms with Gasteiger partial charge in [0.05, 0.1) is 0 Å². The van der Waals surface area contributed by atoms with Crippen molar-refractivity contribution in [1.82, 2.24) is 0 Å². The van der Waals surface area contributed by atoms with E-state index < -0.39 is 0 Å². The molecule has 0 saturated heterocycles. The second-order valence-corrected chi connectivity index (χ2v) is 2.88. The molecule has 0 aliphatic heterocycles. The lowest BCUT2D eigenvalue weighted by Crippen LogP contribution is -2.14. The standard InChI is InChI=1S/C10H21O2/c1-4-6-8-11-10(3)12-9-7-5-2/h10H,3-9H2,1-2H3. The SMILES string of the molecule is [CH2]C(OCCCC)OCCCC. The van der Waals surface area contributed by atoms with E-state index in [2.05, 4.69) is 20.8 Å². The van der Waals surface area contributed by atoms with Crippen LogP contribution in [0, 0.1) is 6.92 Å². The van der Waals surface area contributed by atoms with Crippen LogP contribution in [0.3, 0.4) is 0 Å². The molecule has 0 atom stereocenters. The highest BCUT2D eigenvalue weighted by Crippen LogP contribution is 1.98. The van der Waals surface area contributed by atoms with Gasteiger partial charge in [0.2, 0.25) is 0 Å². The first-order chi connectivity index (χ1) is 5.81. The zero-order valence-electron chi connectivity index (χ0n) is 8.34. The Labute approximate surface area is 76.3 Å². The van der Waals surface area contributed by atoms with Crippen molar-refractivity contribution in [3.63, 3.8) is 0 Å². The minimum atomic E-state index is -0.275. The molecule has 0 N–H and O–H groups in total. The second-order valence-electron chi connectivity index (χ2n) is 2.88. The highest BCUT2D eigenvalue weighted by Gasteiger charge is 1.99. The summed E-state index contributed by atoms with van der Waals surface area (Å²) >= 11 is 0. The van der Waals surface area contributed by atoms with Crippen LogP contribution in [0.15, 0.2) is 0 Å². The van der Waals surface area contributed by atoms with E-state index in [1.165, 1.54) is 0 Å². The first kappa shape index (κ1) is 11.9. The molecule has 0 aromatic carbocycles. The van der Waals surface area contributed by atoms with Crippen molar-refractivity contribution < 1.29 is 9.47 Å². The predicted octanol–water partition coefficient (Wildman–Crippen LogP) is 2.78. The molecule has 1 radical (unpaired) electrons. The van der Waals surface area contributed by atoms with Crippen LogP contribution >= 0.6 is 0 Å². The Hall–Kier alpha value is -0.0800. The van der Waals surface area contributed by atoms with Gasteiger partial charge in [0.25, 0.3) is 0 Å². The van der Waals surface area contributed by atoms with E-state index in [0.29, 0.717) is 0 Å². The van der Waals surface area contributed by atoms with Gasteiger partial charge in [0.15, 0.2) is 6.29 Å². The fourth-order valence-corrected chi connectivity index (χ4v) is 0.766. The third kappa shape index (κ3) is 8.02. The molecule has 0 fully saturated rings. The summed E-state index contributed by atoms with van der Waals surface area (Å²) in [6.45, 7) is 9.54. The highest BCUT2D eigenvalue weighted by molar-refractivity contribution is 4.46. The summed E-state index contributed by atoms with van der Waals surface area (Å²) in [5, 5.41) is 0. The van der Waals surface area contributed by atoms with Gasteiger partial charge in [0.1, 0.15) is 0 Å². The Morgan fingerprint density at radius 1 is 1.00 bits per heavy atom. The Balaban J connectivity index is 3.04. The van der Waals surface area contributed by atoms with Gasteiger partial charge < -0.3 is 9.47 Å². The van der Waals surface area contributed by atoms with Crippen molar-refractivity contribution in [2.75, 3.05) is 13.2 Å². The zero-order chi connectivity index (χ0) is 9.23. The fourth-order valence-electron chi connectivity index (χ4n) is 0.766. The van der Waals surface area contributed by atoms with E-state index in [0.717, 1.165) is 38.9 Å². The van der Waals surface area contributed by atoms with Gasteiger partial charge in [-0.25, -0.2) is 0 Å². The van der Waals surface area contributed by atoms with Gasteiger partial charge in [-0.3, -0.25) is 0 Å². The van der Waals surface area contributed by atoms with E-state index in [1.807, 2.05) is 0 Å². The quantitative estimate of drug-likeness (QED) is 0.415. The topological polar surface area (TPSA) is 18.5 Å². The lowest BCUT2D eigenvalue weighted by molar-refractivity contribution is -0.114. The normalized spacial score (nSPS) is 11.0. The summed E-state index contributed by atoms with van der Waals surface area (Å²) < 4.78 is 10.6. The van der Waals surface area contributed by atoms with E-state index >= 15 is 0 Å². The van der Waals surface area contributed by atoms with Gasteiger partial charge in [-0.15, -0.1) is 0 Å². The molecule has 0 heterocycles. The Bertz CT molecular complexity index is 73.9. The maximum atomic E-state index is 5.30. The molecule has 0 saturated carbocycles. The molecule has 0 aliphatic rings. The second kappa shape index (κ2) is 9.01. The maximum absolute atomic E-state index is 5.30. The van der Waals surface area contributed by atoms with Crippen molar-refractivity contribution in [1.29, 1.82) is 0 Å². The van der Waals surface area contributed by atoms with Crippen molar-refractivity contribution in [2.24, 2.45) is 0 Å². The third-order valence-corrected chi connectivity index (χ3v) is 1.60. The average Bonchev–Trinajstić information content (AvgIpc) is 2.06. The first-order valence-corrected chi connectivity index (χ1v) is 4.87. The molecular formula is C10H21O2. The highest BCUT2D eigenvalue weighted by atomic mass is 16.7. The Morgan fingerprint density at radius 3 is 1.75 bits per heavy atom. The number of hydrogen-bond donors (Lipinski definition) is 0. The maximum Gasteiger partial charge on any atom is 0.157 e. The van der Waals surface area contributed by atoms with E-state index in [1.54, 1.807) is 0 Å². The summed E-state index contributed by atoms with van der Waals surface area (Å²) in [4.78, 5) is 0. The lowest BCUT2D eigenvalue weighted by Gasteiger charge is -2.12. The predicted molar refractivity (Wildman–Crippen MR) is 50.9 cm³/mol. The van der Waals surface area contributed by atoms with Gasteiger partial charge in [-0.1, -0.05) is 26.7 Å². The number of unbranched alkanes of at least 4 members (excludes halogenated alkanes) is 2. The van der Waals surface area contributed by atoms with E-state index in [9.17, 15) is 0 Å². The van der Waals surface area contributed by atoms with E-state index in [4.69, 9.17) is 9.47 Å². The van der Waals surface area contributed by atoms with Gasteiger partial charge in [-0.05, 0) is 12.8 Å². The molecule has 2 nitrogen and oxygen atoms in total. The lowest BCUT2D eigenvalue weighted by atomic mass is 10.4. The van der Waals surface area contributed by atoms with Crippen molar-refractivity contribution in [2.45, 2.75) is 45.8 Å². The molecule has 2 heteroatoms. The Morgan fingerprint density at radius 2 is 1.42 bits per heavy atom. The molecule has 0 spiro atoms. The van der Waals surface area contributed by atoms with Crippen molar-refractivity contribution in [3.05, 3.63) is 6.92 Å². The summed E-state index contributed by atoms with van der Waals surface area (Å²) in [6, 6.07) is 0. The summed E-state index contributed by atoms with van der Waals surface area (Å²) in [5.41, 5.74) is 0.